The lowest BCUT2D eigenvalue weighted by molar-refractivity contribution is 0.0525. The van der Waals surface area contributed by atoms with Crippen LogP contribution in [0.4, 0.5) is 0 Å². The number of aryl methyl sites for hydroxylation is 2. The number of ether oxygens (including phenoxy) is 4. The summed E-state index contributed by atoms with van der Waals surface area (Å²) in [7, 11) is 3.05. The van der Waals surface area contributed by atoms with E-state index in [0.29, 0.717) is 34.0 Å². The van der Waals surface area contributed by atoms with Gasteiger partial charge in [-0.25, -0.2) is 9.59 Å². The minimum absolute atomic E-state index is 0.195. The van der Waals surface area contributed by atoms with E-state index in [2.05, 4.69) is 4.98 Å². The fraction of sp³-hybridized carbons (Fsp3) is 0.381. The Hall–Kier alpha value is -3.09. The normalized spacial score (nSPS) is 10.4. The van der Waals surface area contributed by atoms with Crippen molar-refractivity contribution in [3.8, 4) is 22.6 Å². The van der Waals surface area contributed by atoms with E-state index in [1.165, 1.54) is 7.11 Å². The zero-order chi connectivity index (χ0) is 20.8. The van der Waals surface area contributed by atoms with Gasteiger partial charge in [-0.1, -0.05) is 0 Å². The maximum atomic E-state index is 12.7. The van der Waals surface area contributed by atoms with Gasteiger partial charge in [0.05, 0.1) is 49.9 Å². The topological polar surface area (TPSA) is 84.0 Å². The van der Waals surface area contributed by atoms with Crippen LogP contribution in [0, 0.1) is 13.8 Å². The van der Waals surface area contributed by atoms with Crippen LogP contribution >= 0.6 is 0 Å². The largest absolute Gasteiger partial charge is 0.497 e. The summed E-state index contributed by atoms with van der Waals surface area (Å²) >= 11 is 0. The first kappa shape index (κ1) is 21.2. The van der Waals surface area contributed by atoms with Crippen molar-refractivity contribution in [1.82, 2.24) is 4.98 Å². The summed E-state index contributed by atoms with van der Waals surface area (Å²) in [5, 5.41) is 0. The number of carbonyl (C=O) groups is 2. The smallest absolute Gasteiger partial charge is 0.340 e. The molecule has 7 heteroatoms. The highest BCUT2D eigenvalue weighted by Gasteiger charge is 2.29. The van der Waals surface area contributed by atoms with Crippen LogP contribution in [0.5, 0.6) is 11.5 Å². The molecule has 0 amide bonds. The maximum absolute atomic E-state index is 12.7. The lowest BCUT2D eigenvalue weighted by Gasteiger charge is -2.19. The lowest BCUT2D eigenvalue weighted by atomic mass is 9.91. The van der Waals surface area contributed by atoms with E-state index in [-0.39, 0.29) is 24.3 Å². The van der Waals surface area contributed by atoms with Crippen LogP contribution in [0.1, 0.15) is 46.0 Å². The number of carbonyl (C=O) groups excluding carboxylic acids is 2. The Morgan fingerprint density at radius 1 is 0.893 bits per heavy atom. The molecule has 0 radical (unpaired) electrons. The van der Waals surface area contributed by atoms with Crippen LogP contribution in [0.15, 0.2) is 18.2 Å². The Balaban J connectivity index is 2.92. The van der Waals surface area contributed by atoms with Gasteiger partial charge in [0.1, 0.15) is 11.5 Å². The van der Waals surface area contributed by atoms with Crippen molar-refractivity contribution in [2.75, 3.05) is 27.4 Å². The molecule has 2 aromatic rings. The van der Waals surface area contributed by atoms with E-state index < -0.39 is 11.9 Å². The van der Waals surface area contributed by atoms with Crippen molar-refractivity contribution < 1.29 is 28.5 Å². The molecule has 1 aromatic heterocycles. The standard InChI is InChI=1S/C21H25NO6/c1-7-27-20(23)17-12(3)22-13(4)18(21(24)28-8-2)19(17)15-10-9-14(25-5)11-16(15)26-6/h9-11H,7-8H2,1-6H3. The molecule has 0 fully saturated rings. The molecule has 0 aliphatic heterocycles. The van der Waals surface area contributed by atoms with E-state index in [9.17, 15) is 9.59 Å². The molecule has 28 heavy (non-hydrogen) atoms. The number of hydrogen-bond acceptors (Lipinski definition) is 7. The summed E-state index contributed by atoms with van der Waals surface area (Å²) in [6.07, 6.45) is 0. The van der Waals surface area contributed by atoms with E-state index in [0.717, 1.165) is 0 Å². The molecule has 1 heterocycles. The van der Waals surface area contributed by atoms with Gasteiger partial charge in [0, 0.05) is 17.2 Å². The zero-order valence-electron chi connectivity index (χ0n) is 17.0. The van der Waals surface area contributed by atoms with Crippen molar-refractivity contribution in [2.45, 2.75) is 27.7 Å². The Morgan fingerprint density at radius 2 is 1.43 bits per heavy atom. The summed E-state index contributed by atoms with van der Waals surface area (Å²) in [5.41, 5.74) is 2.25. The second-order valence-corrected chi connectivity index (χ2v) is 5.91. The Labute approximate surface area is 164 Å². The summed E-state index contributed by atoms with van der Waals surface area (Å²) < 4.78 is 21.2. The molecule has 0 aliphatic rings. The summed E-state index contributed by atoms with van der Waals surface area (Å²) in [5.74, 6) is -0.101. The first-order valence-electron chi connectivity index (χ1n) is 8.97. The number of nitrogens with zero attached hydrogens (tertiary/aromatic N) is 1. The van der Waals surface area contributed by atoms with E-state index in [1.807, 2.05) is 0 Å². The predicted molar refractivity (Wildman–Crippen MR) is 104 cm³/mol. The van der Waals surface area contributed by atoms with Crippen molar-refractivity contribution in [3.63, 3.8) is 0 Å². The number of esters is 2. The van der Waals surface area contributed by atoms with Gasteiger partial charge >= 0.3 is 11.9 Å². The Morgan fingerprint density at radius 3 is 1.86 bits per heavy atom. The predicted octanol–water partition coefficient (Wildman–Crippen LogP) is 3.74. The van der Waals surface area contributed by atoms with Crippen molar-refractivity contribution in [1.29, 1.82) is 0 Å². The third kappa shape index (κ3) is 4.08. The molecule has 0 aliphatic carbocycles. The maximum Gasteiger partial charge on any atom is 0.340 e. The highest BCUT2D eigenvalue weighted by Crippen LogP contribution is 2.39. The first-order chi connectivity index (χ1) is 13.4. The third-order valence-electron chi connectivity index (χ3n) is 4.20. The molecule has 0 bridgehead atoms. The SMILES string of the molecule is CCOC(=O)c1c(C)nc(C)c(C(=O)OCC)c1-c1ccc(OC)cc1OC. The van der Waals surface area contributed by atoms with Gasteiger partial charge in [0.25, 0.3) is 0 Å². The summed E-state index contributed by atoms with van der Waals surface area (Å²) in [4.78, 5) is 29.9. The number of benzene rings is 1. The average Bonchev–Trinajstić information content (AvgIpc) is 2.67. The number of rotatable bonds is 7. The second kappa shape index (κ2) is 9.21. The third-order valence-corrected chi connectivity index (χ3v) is 4.20. The van der Waals surface area contributed by atoms with Crippen LogP contribution in [0.25, 0.3) is 11.1 Å². The van der Waals surface area contributed by atoms with Crippen molar-refractivity contribution in [2.24, 2.45) is 0 Å². The number of hydrogen-bond donors (Lipinski definition) is 0. The molecule has 0 unspecified atom stereocenters. The highest BCUT2D eigenvalue weighted by atomic mass is 16.5. The molecular weight excluding hydrogens is 362 g/mol. The van der Waals surface area contributed by atoms with Crippen molar-refractivity contribution in [3.05, 3.63) is 40.7 Å². The molecule has 0 saturated heterocycles. The highest BCUT2D eigenvalue weighted by molar-refractivity contribution is 6.08. The number of aromatic nitrogens is 1. The zero-order valence-corrected chi connectivity index (χ0v) is 17.0. The Bertz CT molecular complexity index is 849. The molecule has 150 valence electrons. The quantitative estimate of drug-likeness (QED) is 0.669. The second-order valence-electron chi connectivity index (χ2n) is 5.91. The van der Waals surface area contributed by atoms with Gasteiger partial charge in [0.15, 0.2) is 0 Å². The molecular formula is C21H25NO6. The van der Waals surface area contributed by atoms with Crippen LogP contribution in [-0.4, -0.2) is 44.4 Å². The van der Waals surface area contributed by atoms with Gasteiger partial charge in [-0.2, -0.15) is 0 Å². The van der Waals surface area contributed by atoms with Gasteiger partial charge in [-0.3, -0.25) is 4.98 Å². The molecule has 0 N–H and O–H groups in total. The van der Waals surface area contributed by atoms with Gasteiger partial charge in [0.2, 0.25) is 0 Å². The fourth-order valence-electron chi connectivity index (χ4n) is 3.03. The van der Waals surface area contributed by atoms with E-state index in [1.54, 1.807) is 53.0 Å². The number of pyridine rings is 1. The molecule has 0 atom stereocenters. The molecule has 0 spiro atoms. The van der Waals surface area contributed by atoms with Crippen LogP contribution in [0.2, 0.25) is 0 Å². The van der Waals surface area contributed by atoms with Gasteiger partial charge in [-0.15, -0.1) is 0 Å². The van der Waals surface area contributed by atoms with E-state index in [4.69, 9.17) is 18.9 Å². The minimum Gasteiger partial charge on any atom is -0.497 e. The molecule has 1 aromatic carbocycles. The van der Waals surface area contributed by atoms with Crippen molar-refractivity contribution >= 4 is 11.9 Å². The molecule has 2 rings (SSSR count). The monoisotopic (exact) mass is 387 g/mol. The summed E-state index contributed by atoms with van der Waals surface area (Å²) in [6.45, 7) is 7.23. The number of methoxy groups -OCH3 is 2. The van der Waals surface area contributed by atoms with Crippen LogP contribution in [-0.2, 0) is 9.47 Å². The molecule has 0 saturated carbocycles. The van der Waals surface area contributed by atoms with Crippen LogP contribution < -0.4 is 9.47 Å². The van der Waals surface area contributed by atoms with Gasteiger partial charge in [-0.05, 0) is 39.8 Å². The van der Waals surface area contributed by atoms with E-state index >= 15 is 0 Å². The Kier molecular flexibility index (Phi) is 6.98. The van der Waals surface area contributed by atoms with Gasteiger partial charge < -0.3 is 18.9 Å². The fourth-order valence-corrected chi connectivity index (χ4v) is 3.03. The summed E-state index contributed by atoms with van der Waals surface area (Å²) in [6, 6.07) is 5.15. The van der Waals surface area contributed by atoms with Crippen LogP contribution in [0.3, 0.4) is 0 Å². The molecule has 7 nitrogen and oxygen atoms in total. The lowest BCUT2D eigenvalue weighted by Crippen LogP contribution is -2.17. The minimum atomic E-state index is -0.564. The average molecular weight is 387 g/mol. The first-order valence-corrected chi connectivity index (χ1v) is 8.97.